The van der Waals surface area contributed by atoms with Crippen molar-refractivity contribution in [2.24, 2.45) is 0 Å². The van der Waals surface area contributed by atoms with Gasteiger partial charge < -0.3 is 0 Å². The van der Waals surface area contributed by atoms with E-state index < -0.39 is 10.0 Å². The first-order chi connectivity index (χ1) is 11.2. The molecule has 0 saturated heterocycles. The summed E-state index contributed by atoms with van der Waals surface area (Å²) >= 11 is 0. The third-order valence-corrected chi connectivity index (χ3v) is 5.60. The largest absolute Gasteiger partial charge is 0.289 e. The first-order valence-electron chi connectivity index (χ1n) is 7.54. The van der Waals surface area contributed by atoms with Crippen LogP contribution in [0.3, 0.4) is 0 Å². The molecule has 0 aliphatic heterocycles. The fourth-order valence-electron chi connectivity index (χ4n) is 2.20. The zero-order chi connectivity index (χ0) is 17.9. The first kappa shape index (κ1) is 18.1. The molecule has 2 aromatic carbocycles. The molecule has 0 N–H and O–H groups in total. The highest BCUT2D eigenvalue weighted by molar-refractivity contribution is 7.89. The van der Waals surface area contributed by atoms with E-state index >= 15 is 0 Å². The minimum absolute atomic E-state index is 0.162. The Hall–Kier alpha value is -2.24. The number of aryl methyl sites for hydroxylation is 2. The molecule has 0 spiro atoms. The molecule has 0 heterocycles. The number of carbonyl (C=O) groups is 1. The van der Waals surface area contributed by atoms with Crippen LogP contribution < -0.4 is 0 Å². The van der Waals surface area contributed by atoms with Crippen LogP contribution in [0.2, 0.25) is 0 Å². The molecule has 0 saturated carbocycles. The summed E-state index contributed by atoms with van der Waals surface area (Å²) in [7, 11) is -0.534. The number of hydrogen-bond donors (Lipinski definition) is 0. The summed E-state index contributed by atoms with van der Waals surface area (Å²) in [5, 5.41) is 0. The lowest BCUT2D eigenvalue weighted by atomic mass is 10.0. The average Bonchev–Trinajstić information content (AvgIpc) is 2.55. The predicted octanol–water partition coefficient (Wildman–Crippen LogP) is 3.45. The Labute approximate surface area is 143 Å². The number of hydrogen-bond acceptors (Lipinski definition) is 3. The Balaban J connectivity index is 2.22. The summed E-state index contributed by atoms with van der Waals surface area (Å²) in [4.78, 5) is 12.4. The van der Waals surface area contributed by atoms with Crippen molar-refractivity contribution < 1.29 is 13.2 Å². The van der Waals surface area contributed by atoms with Crippen LogP contribution in [0, 0.1) is 13.8 Å². The van der Waals surface area contributed by atoms with Crippen LogP contribution >= 0.6 is 0 Å². The van der Waals surface area contributed by atoms with E-state index in [4.69, 9.17) is 0 Å². The van der Waals surface area contributed by atoms with Crippen molar-refractivity contribution in [2.75, 3.05) is 14.1 Å². The van der Waals surface area contributed by atoms with Gasteiger partial charge in [-0.2, -0.15) is 0 Å². The summed E-state index contributed by atoms with van der Waals surface area (Å²) in [6.07, 6.45) is 3.30. The van der Waals surface area contributed by atoms with Crippen molar-refractivity contribution in [3.8, 4) is 0 Å². The molecule has 0 radical (unpaired) electrons. The standard InChI is InChI=1S/C19H21NO3S/c1-14-5-6-15(2)17(13-14)9-12-19(21)16-7-10-18(11-8-16)24(22,23)20(3)4/h5-13H,1-4H3/b12-9+. The van der Waals surface area contributed by atoms with Crippen molar-refractivity contribution in [3.05, 3.63) is 70.8 Å². The van der Waals surface area contributed by atoms with Gasteiger partial charge in [0.25, 0.3) is 0 Å². The molecular formula is C19H21NO3S. The highest BCUT2D eigenvalue weighted by atomic mass is 32.2. The topological polar surface area (TPSA) is 54.5 Å². The molecule has 24 heavy (non-hydrogen) atoms. The van der Waals surface area contributed by atoms with Gasteiger partial charge in [0.1, 0.15) is 0 Å². The van der Waals surface area contributed by atoms with Gasteiger partial charge >= 0.3 is 0 Å². The van der Waals surface area contributed by atoms with E-state index in [1.165, 1.54) is 44.4 Å². The van der Waals surface area contributed by atoms with Gasteiger partial charge in [-0.05, 0) is 55.3 Å². The van der Waals surface area contributed by atoms with Gasteiger partial charge in [-0.1, -0.05) is 29.8 Å². The Bertz CT molecular complexity index is 879. The monoisotopic (exact) mass is 343 g/mol. The fraction of sp³-hybridized carbons (Fsp3) is 0.211. The number of carbonyl (C=O) groups excluding carboxylic acids is 1. The predicted molar refractivity (Wildman–Crippen MR) is 96.6 cm³/mol. The second kappa shape index (κ2) is 7.11. The number of nitrogens with zero attached hydrogens (tertiary/aromatic N) is 1. The fourth-order valence-corrected chi connectivity index (χ4v) is 3.10. The third kappa shape index (κ3) is 3.99. The minimum atomic E-state index is -3.48. The molecule has 0 aliphatic carbocycles. The maximum absolute atomic E-state index is 12.3. The van der Waals surface area contributed by atoms with Gasteiger partial charge in [-0.3, -0.25) is 4.79 Å². The maximum atomic E-state index is 12.3. The Kier molecular flexibility index (Phi) is 5.36. The van der Waals surface area contributed by atoms with Crippen LogP contribution in [-0.2, 0) is 10.0 Å². The van der Waals surface area contributed by atoms with E-state index in [2.05, 4.69) is 0 Å². The Morgan fingerprint density at radius 1 is 1.00 bits per heavy atom. The zero-order valence-electron chi connectivity index (χ0n) is 14.3. The number of rotatable bonds is 5. The smallest absolute Gasteiger partial charge is 0.242 e. The number of ketones is 1. The molecule has 126 valence electrons. The maximum Gasteiger partial charge on any atom is 0.242 e. The summed E-state index contributed by atoms with van der Waals surface area (Å²) in [6.45, 7) is 3.99. The van der Waals surface area contributed by atoms with Crippen LogP contribution in [0.15, 0.2) is 53.4 Å². The molecule has 0 aliphatic rings. The third-order valence-electron chi connectivity index (χ3n) is 3.77. The average molecular weight is 343 g/mol. The molecule has 0 atom stereocenters. The molecule has 2 aromatic rings. The highest BCUT2D eigenvalue weighted by Gasteiger charge is 2.17. The van der Waals surface area contributed by atoms with Crippen LogP contribution in [0.4, 0.5) is 0 Å². The van der Waals surface area contributed by atoms with Gasteiger partial charge in [-0.25, -0.2) is 12.7 Å². The van der Waals surface area contributed by atoms with Gasteiger partial charge in [0.05, 0.1) is 4.90 Å². The molecule has 2 rings (SSSR count). The SMILES string of the molecule is Cc1ccc(C)c(/C=C/C(=O)c2ccc(S(=O)(=O)N(C)C)cc2)c1. The van der Waals surface area contributed by atoms with Crippen molar-refractivity contribution in [1.29, 1.82) is 0 Å². The lowest BCUT2D eigenvalue weighted by Gasteiger charge is -2.11. The molecular weight excluding hydrogens is 322 g/mol. The van der Waals surface area contributed by atoms with Crippen LogP contribution in [0.25, 0.3) is 6.08 Å². The van der Waals surface area contributed by atoms with E-state index in [-0.39, 0.29) is 10.7 Å². The van der Waals surface area contributed by atoms with E-state index in [0.717, 1.165) is 21.0 Å². The summed E-state index contributed by atoms with van der Waals surface area (Å²) in [6, 6.07) is 12.0. The van der Waals surface area contributed by atoms with E-state index in [1.54, 1.807) is 6.08 Å². The van der Waals surface area contributed by atoms with Crippen molar-refractivity contribution in [3.63, 3.8) is 0 Å². The Morgan fingerprint density at radius 3 is 2.21 bits per heavy atom. The van der Waals surface area contributed by atoms with Gasteiger partial charge in [0.2, 0.25) is 10.0 Å². The normalized spacial score (nSPS) is 12.0. The van der Waals surface area contributed by atoms with E-state index in [1.807, 2.05) is 32.0 Å². The minimum Gasteiger partial charge on any atom is -0.289 e. The number of sulfonamides is 1. The summed E-state index contributed by atoms with van der Waals surface area (Å²) in [5.74, 6) is -0.162. The van der Waals surface area contributed by atoms with Crippen molar-refractivity contribution >= 4 is 21.9 Å². The lowest BCUT2D eigenvalue weighted by Crippen LogP contribution is -2.22. The van der Waals surface area contributed by atoms with Gasteiger partial charge in [0, 0.05) is 19.7 Å². The van der Waals surface area contributed by atoms with Crippen molar-refractivity contribution in [1.82, 2.24) is 4.31 Å². The highest BCUT2D eigenvalue weighted by Crippen LogP contribution is 2.16. The van der Waals surface area contributed by atoms with Crippen molar-refractivity contribution in [2.45, 2.75) is 18.7 Å². The van der Waals surface area contributed by atoms with Crippen LogP contribution in [-0.4, -0.2) is 32.6 Å². The zero-order valence-corrected chi connectivity index (χ0v) is 15.1. The lowest BCUT2D eigenvalue weighted by molar-refractivity contribution is 0.104. The second-order valence-corrected chi connectivity index (χ2v) is 8.02. The molecule has 4 nitrogen and oxygen atoms in total. The summed E-state index contributed by atoms with van der Waals surface area (Å²) < 4.78 is 25.2. The summed E-state index contributed by atoms with van der Waals surface area (Å²) in [5.41, 5.74) is 3.67. The second-order valence-electron chi connectivity index (χ2n) is 5.87. The molecule has 0 aromatic heterocycles. The van der Waals surface area contributed by atoms with Gasteiger partial charge in [-0.15, -0.1) is 0 Å². The molecule has 0 amide bonds. The quantitative estimate of drug-likeness (QED) is 0.617. The van der Waals surface area contributed by atoms with E-state index in [9.17, 15) is 13.2 Å². The Morgan fingerprint density at radius 2 is 1.62 bits per heavy atom. The van der Waals surface area contributed by atoms with E-state index in [0.29, 0.717) is 5.56 Å². The molecule has 0 bridgehead atoms. The molecule has 0 fully saturated rings. The molecule has 5 heteroatoms. The van der Waals surface area contributed by atoms with Crippen LogP contribution in [0.1, 0.15) is 27.0 Å². The molecule has 0 unspecified atom stereocenters. The van der Waals surface area contributed by atoms with Gasteiger partial charge in [0.15, 0.2) is 5.78 Å². The van der Waals surface area contributed by atoms with Crippen LogP contribution in [0.5, 0.6) is 0 Å². The first-order valence-corrected chi connectivity index (χ1v) is 8.98. The number of allylic oxidation sites excluding steroid dienone is 1. The number of benzene rings is 2.